The fraction of sp³-hybridized carbons (Fsp3) is 0.692. The summed E-state index contributed by atoms with van der Waals surface area (Å²) in [5.74, 6) is 1.33. The van der Waals surface area contributed by atoms with Gasteiger partial charge in [-0.15, -0.1) is 11.3 Å². The van der Waals surface area contributed by atoms with Gasteiger partial charge in [0.15, 0.2) is 5.13 Å². The van der Waals surface area contributed by atoms with Crippen LogP contribution < -0.4 is 5.32 Å². The average molecular weight is 268 g/mol. The number of thiazole rings is 1. The quantitative estimate of drug-likeness (QED) is 0.834. The molecule has 2 atom stereocenters. The van der Waals surface area contributed by atoms with E-state index in [0.717, 1.165) is 29.2 Å². The summed E-state index contributed by atoms with van der Waals surface area (Å²) >= 11 is 1.56. The molecule has 1 saturated carbocycles. The van der Waals surface area contributed by atoms with Crippen LogP contribution in [0.2, 0.25) is 0 Å². The van der Waals surface area contributed by atoms with E-state index in [9.17, 15) is 4.79 Å². The molecule has 4 nitrogen and oxygen atoms in total. The Hall–Kier alpha value is -1.10. The number of nitrogens with zero attached hydrogens (tertiary/aromatic N) is 1. The number of aromatic nitrogens is 1. The van der Waals surface area contributed by atoms with Crippen LogP contribution >= 0.6 is 11.3 Å². The van der Waals surface area contributed by atoms with Gasteiger partial charge in [-0.05, 0) is 18.3 Å². The Labute approximate surface area is 112 Å². The lowest BCUT2D eigenvalue weighted by atomic mass is 9.98. The Morgan fingerprint density at radius 2 is 2.44 bits per heavy atom. The molecule has 0 bridgehead atoms. The third-order valence-electron chi connectivity index (χ3n) is 3.66. The molecule has 1 N–H and O–H groups in total. The number of carbonyl (C=O) groups is 1. The summed E-state index contributed by atoms with van der Waals surface area (Å²) in [7, 11) is 1.40. The van der Waals surface area contributed by atoms with Crippen molar-refractivity contribution in [3.63, 3.8) is 0 Å². The third kappa shape index (κ3) is 3.45. The highest BCUT2D eigenvalue weighted by Gasteiger charge is 2.23. The number of anilines is 1. The van der Waals surface area contributed by atoms with Gasteiger partial charge in [-0.2, -0.15) is 0 Å². The Balaban J connectivity index is 1.81. The summed E-state index contributed by atoms with van der Waals surface area (Å²) in [5.41, 5.74) is 0.786. The van der Waals surface area contributed by atoms with Crippen molar-refractivity contribution in [1.29, 1.82) is 0 Å². The summed E-state index contributed by atoms with van der Waals surface area (Å²) in [6, 6.07) is 0. The summed E-state index contributed by atoms with van der Waals surface area (Å²) in [6.07, 6.45) is 4.26. The molecule has 1 aliphatic carbocycles. The molecule has 1 aromatic heterocycles. The highest BCUT2D eigenvalue weighted by molar-refractivity contribution is 7.13. The lowest BCUT2D eigenvalue weighted by Gasteiger charge is -2.15. The van der Waals surface area contributed by atoms with Gasteiger partial charge in [-0.3, -0.25) is 4.79 Å². The molecule has 1 heterocycles. The van der Waals surface area contributed by atoms with Crippen LogP contribution in [0.4, 0.5) is 5.13 Å². The van der Waals surface area contributed by atoms with Crippen molar-refractivity contribution in [2.24, 2.45) is 11.8 Å². The fourth-order valence-corrected chi connectivity index (χ4v) is 3.15. The molecule has 0 aromatic carbocycles. The highest BCUT2D eigenvalue weighted by atomic mass is 32.1. The van der Waals surface area contributed by atoms with Crippen LogP contribution in [0.1, 0.15) is 31.9 Å². The number of hydrogen-bond donors (Lipinski definition) is 1. The molecule has 100 valence electrons. The van der Waals surface area contributed by atoms with Crippen molar-refractivity contribution in [1.82, 2.24) is 4.98 Å². The van der Waals surface area contributed by atoms with Crippen LogP contribution in [0, 0.1) is 11.8 Å². The zero-order chi connectivity index (χ0) is 13.0. The number of nitrogens with one attached hydrogen (secondary N) is 1. The van der Waals surface area contributed by atoms with E-state index in [1.54, 1.807) is 11.3 Å². The minimum atomic E-state index is -0.240. The van der Waals surface area contributed by atoms with E-state index in [-0.39, 0.29) is 12.4 Å². The lowest BCUT2D eigenvalue weighted by Crippen LogP contribution is -2.16. The molecule has 1 aliphatic rings. The zero-order valence-corrected chi connectivity index (χ0v) is 11.8. The van der Waals surface area contributed by atoms with E-state index < -0.39 is 0 Å². The summed E-state index contributed by atoms with van der Waals surface area (Å²) in [5, 5.41) is 6.21. The Kier molecular flexibility index (Phi) is 4.58. The minimum absolute atomic E-state index is 0.240. The third-order valence-corrected chi connectivity index (χ3v) is 4.51. The van der Waals surface area contributed by atoms with Crippen LogP contribution in [-0.4, -0.2) is 24.6 Å². The zero-order valence-electron chi connectivity index (χ0n) is 10.9. The predicted octanol–water partition coefficient (Wildman–Crippen LogP) is 2.71. The molecule has 1 fully saturated rings. The highest BCUT2D eigenvalue weighted by Crippen LogP contribution is 2.31. The first-order chi connectivity index (χ1) is 8.69. The van der Waals surface area contributed by atoms with E-state index in [2.05, 4.69) is 22.0 Å². The standard InChI is InChI=1S/C13H20N2O2S/c1-9-4-3-5-10(9)7-14-13-15-11(8-18-13)6-12(16)17-2/h8-10H,3-7H2,1-2H3,(H,14,15). The van der Waals surface area contributed by atoms with Gasteiger partial charge in [-0.1, -0.05) is 19.8 Å². The second kappa shape index (κ2) is 6.18. The number of ether oxygens (including phenoxy) is 1. The van der Waals surface area contributed by atoms with Crippen molar-refractivity contribution in [3.05, 3.63) is 11.1 Å². The van der Waals surface area contributed by atoms with Crippen molar-refractivity contribution >= 4 is 22.4 Å². The first-order valence-electron chi connectivity index (χ1n) is 6.44. The normalized spacial score (nSPS) is 23.0. The van der Waals surface area contributed by atoms with Crippen LogP contribution in [0.5, 0.6) is 0 Å². The van der Waals surface area contributed by atoms with Crippen LogP contribution in [0.3, 0.4) is 0 Å². The number of rotatable bonds is 5. The van der Waals surface area contributed by atoms with E-state index in [0.29, 0.717) is 0 Å². The molecular weight excluding hydrogens is 248 g/mol. The minimum Gasteiger partial charge on any atom is -0.469 e. The van der Waals surface area contributed by atoms with Gasteiger partial charge in [0.1, 0.15) is 0 Å². The van der Waals surface area contributed by atoms with Crippen molar-refractivity contribution in [2.45, 2.75) is 32.6 Å². The summed E-state index contributed by atoms with van der Waals surface area (Å²) < 4.78 is 4.62. The first kappa shape index (κ1) is 13.3. The first-order valence-corrected chi connectivity index (χ1v) is 7.32. The van der Waals surface area contributed by atoms with E-state index in [4.69, 9.17) is 0 Å². The van der Waals surface area contributed by atoms with Gasteiger partial charge < -0.3 is 10.1 Å². The maximum Gasteiger partial charge on any atom is 0.311 e. The largest absolute Gasteiger partial charge is 0.469 e. The molecule has 2 unspecified atom stereocenters. The molecule has 18 heavy (non-hydrogen) atoms. The van der Waals surface area contributed by atoms with Crippen molar-refractivity contribution in [2.75, 3.05) is 19.0 Å². The molecule has 0 radical (unpaired) electrons. The van der Waals surface area contributed by atoms with Gasteiger partial charge in [0, 0.05) is 11.9 Å². The SMILES string of the molecule is COC(=O)Cc1csc(NCC2CCCC2C)n1. The molecule has 0 amide bonds. The summed E-state index contributed by atoms with van der Waals surface area (Å²) in [4.78, 5) is 15.5. The second-order valence-corrected chi connectivity index (χ2v) is 5.80. The fourth-order valence-electron chi connectivity index (χ4n) is 2.43. The maximum atomic E-state index is 11.1. The summed E-state index contributed by atoms with van der Waals surface area (Å²) in [6.45, 7) is 3.32. The van der Waals surface area contributed by atoms with Gasteiger partial charge >= 0.3 is 5.97 Å². The van der Waals surface area contributed by atoms with E-state index >= 15 is 0 Å². The topological polar surface area (TPSA) is 51.2 Å². The Bertz CT molecular complexity index is 405. The number of carbonyl (C=O) groups excluding carboxylic acids is 1. The molecule has 0 aliphatic heterocycles. The van der Waals surface area contributed by atoms with E-state index in [1.807, 2.05) is 5.38 Å². The molecule has 0 spiro atoms. The predicted molar refractivity (Wildman–Crippen MR) is 72.8 cm³/mol. The van der Waals surface area contributed by atoms with E-state index in [1.165, 1.54) is 26.4 Å². The van der Waals surface area contributed by atoms with Crippen molar-refractivity contribution in [3.8, 4) is 0 Å². The monoisotopic (exact) mass is 268 g/mol. The van der Waals surface area contributed by atoms with Gasteiger partial charge in [-0.25, -0.2) is 4.98 Å². The Morgan fingerprint density at radius 3 is 3.11 bits per heavy atom. The van der Waals surface area contributed by atoms with Gasteiger partial charge in [0.05, 0.1) is 19.2 Å². The maximum absolute atomic E-state index is 11.1. The molecular formula is C13H20N2O2S. The van der Waals surface area contributed by atoms with Crippen LogP contribution in [-0.2, 0) is 16.0 Å². The Morgan fingerprint density at radius 1 is 1.61 bits per heavy atom. The average Bonchev–Trinajstić information content (AvgIpc) is 2.96. The second-order valence-electron chi connectivity index (χ2n) is 4.95. The van der Waals surface area contributed by atoms with Crippen molar-refractivity contribution < 1.29 is 9.53 Å². The molecule has 5 heteroatoms. The smallest absolute Gasteiger partial charge is 0.311 e. The molecule has 1 aromatic rings. The van der Waals surface area contributed by atoms with Crippen LogP contribution in [0.15, 0.2) is 5.38 Å². The van der Waals surface area contributed by atoms with Gasteiger partial charge in [0.2, 0.25) is 0 Å². The molecule has 0 saturated heterocycles. The lowest BCUT2D eigenvalue weighted by molar-refractivity contribution is -0.139. The number of hydrogen-bond acceptors (Lipinski definition) is 5. The number of esters is 1. The van der Waals surface area contributed by atoms with Gasteiger partial charge in [0.25, 0.3) is 0 Å². The molecule has 2 rings (SSSR count). The number of methoxy groups -OCH3 is 1. The van der Waals surface area contributed by atoms with Crippen LogP contribution in [0.25, 0.3) is 0 Å².